The van der Waals surface area contributed by atoms with E-state index in [0.29, 0.717) is 22.0 Å². The Bertz CT molecular complexity index is 677. The summed E-state index contributed by atoms with van der Waals surface area (Å²) in [4.78, 5) is 16.2. The molecular formula is C14H12Cl2N2O3. The van der Waals surface area contributed by atoms with Gasteiger partial charge in [-0.2, -0.15) is 0 Å². The Morgan fingerprint density at radius 2 is 1.90 bits per heavy atom. The third-order valence-corrected chi connectivity index (χ3v) is 3.08. The van der Waals surface area contributed by atoms with Crippen LogP contribution in [-0.4, -0.2) is 25.1 Å². The Morgan fingerprint density at radius 3 is 2.57 bits per heavy atom. The number of aromatic nitrogens is 1. The number of hydrogen-bond acceptors (Lipinski definition) is 4. The van der Waals surface area contributed by atoms with Gasteiger partial charge < -0.3 is 14.8 Å². The standard InChI is InChI=1S/C14H12Cl2N2O3/c1-20-11-4-3-9(15)7-10(11)17-14(19)8-5-12(16)18-13(6-8)21-2/h3-7H,1-2H3,(H,17,19). The first-order chi connectivity index (χ1) is 10.0. The molecule has 0 atom stereocenters. The van der Waals surface area contributed by atoms with Crippen LogP contribution in [0.4, 0.5) is 5.69 Å². The van der Waals surface area contributed by atoms with Crippen molar-refractivity contribution < 1.29 is 14.3 Å². The topological polar surface area (TPSA) is 60.5 Å². The van der Waals surface area contributed by atoms with Crippen molar-refractivity contribution in [3.63, 3.8) is 0 Å². The van der Waals surface area contributed by atoms with Crippen molar-refractivity contribution in [3.05, 3.63) is 46.1 Å². The highest BCUT2D eigenvalue weighted by atomic mass is 35.5. The molecule has 7 heteroatoms. The number of nitrogens with zero attached hydrogens (tertiary/aromatic N) is 1. The van der Waals surface area contributed by atoms with Crippen molar-refractivity contribution in [1.29, 1.82) is 0 Å². The summed E-state index contributed by atoms with van der Waals surface area (Å²) in [5, 5.41) is 3.35. The molecule has 0 aliphatic carbocycles. The highest BCUT2D eigenvalue weighted by Gasteiger charge is 2.13. The van der Waals surface area contributed by atoms with Gasteiger partial charge in [0.25, 0.3) is 5.91 Å². The third-order valence-electron chi connectivity index (χ3n) is 2.65. The number of benzene rings is 1. The Hall–Kier alpha value is -1.98. The quantitative estimate of drug-likeness (QED) is 0.871. The predicted octanol–water partition coefficient (Wildman–Crippen LogP) is 3.66. The Kier molecular flexibility index (Phi) is 4.88. The molecule has 0 spiro atoms. The summed E-state index contributed by atoms with van der Waals surface area (Å²) in [6, 6.07) is 7.85. The number of carbonyl (C=O) groups excluding carboxylic acids is 1. The minimum absolute atomic E-state index is 0.164. The lowest BCUT2D eigenvalue weighted by Gasteiger charge is -2.11. The molecule has 1 heterocycles. The summed E-state index contributed by atoms with van der Waals surface area (Å²) < 4.78 is 10.1. The summed E-state index contributed by atoms with van der Waals surface area (Å²) in [6.45, 7) is 0. The van der Waals surface area contributed by atoms with Gasteiger partial charge in [-0.3, -0.25) is 4.79 Å². The smallest absolute Gasteiger partial charge is 0.256 e. The van der Waals surface area contributed by atoms with Crippen LogP contribution in [0.2, 0.25) is 10.2 Å². The van der Waals surface area contributed by atoms with E-state index < -0.39 is 0 Å². The van der Waals surface area contributed by atoms with E-state index in [4.69, 9.17) is 32.7 Å². The van der Waals surface area contributed by atoms with Crippen LogP contribution >= 0.6 is 23.2 Å². The van der Waals surface area contributed by atoms with Gasteiger partial charge in [0.2, 0.25) is 5.88 Å². The number of carbonyl (C=O) groups is 1. The summed E-state index contributed by atoms with van der Waals surface area (Å²) in [5.41, 5.74) is 0.774. The van der Waals surface area contributed by atoms with E-state index in [-0.39, 0.29) is 16.9 Å². The lowest BCUT2D eigenvalue weighted by Crippen LogP contribution is -2.13. The second kappa shape index (κ2) is 6.65. The maximum absolute atomic E-state index is 12.3. The van der Waals surface area contributed by atoms with Crippen molar-refractivity contribution in [2.24, 2.45) is 0 Å². The fourth-order valence-corrected chi connectivity index (χ4v) is 2.05. The first-order valence-corrected chi connectivity index (χ1v) is 6.65. The van der Waals surface area contributed by atoms with Gasteiger partial charge in [-0.15, -0.1) is 0 Å². The number of methoxy groups -OCH3 is 2. The lowest BCUT2D eigenvalue weighted by molar-refractivity contribution is 0.102. The zero-order chi connectivity index (χ0) is 15.4. The molecule has 0 bridgehead atoms. The van der Waals surface area contributed by atoms with E-state index in [1.165, 1.54) is 26.4 Å². The van der Waals surface area contributed by atoms with Crippen LogP contribution < -0.4 is 14.8 Å². The van der Waals surface area contributed by atoms with Crippen molar-refractivity contribution >= 4 is 34.8 Å². The van der Waals surface area contributed by atoms with E-state index in [1.807, 2.05) is 0 Å². The van der Waals surface area contributed by atoms with Crippen LogP contribution in [0.15, 0.2) is 30.3 Å². The maximum atomic E-state index is 12.3. The molecule has 21 heavy (non-hydrogen) atoms. The molecule has 0 saturated carbocycles. The summed E-state index contributed by atoms with van der Waals surface area (Å²) in [6.07, 6.45) is 0. The van der Waals surface area contributed by atoms with Crippen LogP contribution in [0.25, 0.3) is 0 Å². The monoisotopic (exact) mass is 326 g/mol. The highest BCUT2D eigenvalue weighted by molar-refractivity contribution is 6.31. The largest absolute Gasteiger partial charge is 0.495 e. The van der Waals surface area contributed by atoms with Gasteiger partial charge in [-0.1, -0.05) is 23.2 Å². The molecule has 0 radical (unpaired) electrons. The molecule has 2 aromatic rings. The minimum atomic E-state index is -0.377. The van der Waals surface area contributed by atoms with Crippen LogP contribution in [0.5, 0.6) is 11.6 Å². The third kappa shape index (κ3) is 3.77. The van der Waals surface area contributed by atoms with Crippen LogP contribution in [-0.2, 0) is 0 Å². The summed E-state index contributed by atoms with van der Waals surface area (Å²) >= 11 is 11.8. The molecule has 110 valence electrons. The minimum Gasteiger partial charge on any atom is -0.495 e. The first kappa shape index (κ1) is 15.4. The van der Waals surface area contributed by atoms with Crippen molar-refractivity contribution in [2.75, 3.05) is 19.5 Å². The van der Waals surface area contributed by atoms with Crippen molar-refractivity contribution in [1.82, 2.24) is 4.98 Å². The van der Waals surface area contributed by atoms with E-state index in [2.05, 4.69) is 10.3 Å². The van der Waals surface area contributed by atoms with Crippen LogP contribution in [0.3, 0.4) is 0 Å². The summed E-state index contributed by atoms with van der Waals surface area (Å²) in [7, 11) is 2.95. The number of hydrogen-bond donors (Lipinski definition) is 1. The summed E-state index contributed by atoms with van der Waals surface area (Å²) in [5.74, 6) is 0.378. The zero-order valence-corrected chi connectivity index (χ0v) is 12.8. The van der Waals surface area contributed by atoms with Crippen molar-refractivity contribution in [3.8, 4) is 11.6 Å². The second-order valence-corrected chi connectivity index (χ2v) is 4.84. The van der Waals surface area contributed by atoms with Gasteiger partial charge in [0, 0.05) is 16.7 Å². The molecule has 1 N–H and O–H groups in total. The molecule has 1 aromatic carbocycles. The number of pyridine rings is 1. The Balaban J connectivity index is 2.30. The zero-order valence-electron chi connectivity index (χ0n) is 11.3. The van der Waals surface area contributed by atoms with Crippen molar-refractivity contribution in [2.45, 2.75) is 0 Å². The number of ether oxygens (including phenoxy) is 2. The highest BCUT2D eigenvalue weighted by Crippen LogP contribution is 2.28. The number of amides is 1. The molecular weight excluding hydrogens is 315 g/mol. The fourth-order valence-electron chi connectivity index (χ4n) is 1.68. The van der Waals surface area contributed by atoms with E-state index in [9.17, 15) is 4.79 Å². The van der Waals surface area contributed by atoms with Gasteiger partial charge in [-0.05, 0) is 24.3 Å². The van der Waals surface area contributed by atoms with Gasteiger partial charge in [0.15, 0.2) is 0 Å². The molecule has 0 unspecified atom stereocenters. The number of halogens is 2. The fraction of sp³-hybridized carbons (Fsp3) is 0.143. The van der Waals surface area contributed by atoms with Gasteiger partial charge in [0.1, 0.15) is 10.9 Å². The lowest BCUT2D eigenvalue weighted by atomic mass is 10.2. The number of rotatable bonds is 4. The maximum Gasteiger partial charge on any atom is 0.256 e. The van der Waals surface area contributed by atoms with Crippen LogP contribution in [0, 0.1) is 0 Å². The van der Waals surface area contributed by atoms with E-state index in [1.54, 1.807) is 18.2 Å². The van der Waals surface area contributed by atoms with Gasteiger partial charge in [-0.25, -0.2) is 4.98 Å². The average molecular weight is 327 g/mol. The average Bonchev–Trinajstić information content (AvgIpc) is 2.46. The molecule has 1 amide bonds. The number of anilines is 1. The number of nitrogens with one attached hydrogen (secondary N) is 1. The SMILES string of the molecule is COc1cc(C(=O)Nc2cc(Cl)ccc2OC)cc(Cl)n1. The predicted molar refractivity (Wildman–Crippen MR) is 81.8 cm³/mol. The first-order valence-electron chi connectivity index (χ1n) is 5.90. The molecule has 5 nitrogen and oxygen atoms in total. The molecule has 0 fully saturated rings. The molecule has 1 aromatic heterocycles. The van der Waals surface area contributed by atoms with Gasteiger partial charge in [0.05, 0.1) is 19.9 Å². The van der Waals surface area contributed by atoms with E-state index in [0.717, 1.165) is 0 Å². The molecule has 0 saturated heterocycles. The van der Waals surface area contributed by atoms with Gasteiger partial charge >= 0.3 is 0 Å². The normalized spacial score (nSPS) is 10.1. The van der Waals surface area contributed by atoms with E-state index >= 15 is 0 Å². The molecule has 2 rings (SSSR count). The second-order valence-electron chi connectivity index (χ2n) is 4.02. The Labute approximate surface area is 131 Å². The molecule has 0 aliphatic rings. The molecule has 0 aliphatic heterocycles. The van der Waals surface area contributed by atoms with Crippen LogP contribution in [0.1, 0.15) is 10.4 Å². The Morgan fingerprint density at radius 1 is 1.14 bits per heavy atom.